The van der Waals surface area contributed by atoms with E-state index >= 15 is 0 Å². The molecule has 0 saturated carbocycles. The fourth-order valence-corrected chi connectivity index (χ4v) is 6.94. The van der Waals surface area contributed by atoms with Crippen LogP contribution in [-0.2, 0) is 21.4 Å². The summed E-state index contributed by atoms with van der Waals surface area (Å²) >= 11 is 6.86. The molecule has 186 valence electrons. The predicted molar refractivity (Wildman–Crippen MR) is 133 cm³/mol. The smallest absolute Gasteiger partial charge is 0.247 e. The van der Waals surface area contributed by atoms with Gasteiger partial charge in [-0.15, -0.1) is 0 Å². The second kappa shape index (κ2) is 9.81. The Balaban J connectivity index is 1.54. The Labute approximate surface area is 215 Å². The molecule has 1 fully saturated rings. The third-order valence-electron chi connectivity index (χ3n) is 5.85. The highest BCUT2D eigenvalue weighted by Crippen LogP contribution is 2.34. The first-order chi connectivity index (χ1) is 17.2. The van der Waals surface area contributed by atoms with Crippen LogP contribution in [0.25, 0.3) is 10.2 Å². The van der Waals surface area contributed by atoms with Crippen LogP contribution in [0.3, 0.4) is 0 Å². The molecule has 36 heavy (non-hydrogen) atoms. The molecule has 1 saturated heterocycles. The summed E-state index contributed by atoms with van der Waals surface area (Å²) in [5, 5.41) is 0.518. The summed E-state index contributed by atoms with van der Waals surface area (Å²) < 4.78 is 56.4. The van der Waals surface area contributed by atoms with Crippen molar-refractivity contribution in [3.05, 3.63) is 83.1 Å². The number of hydrogen-bond donors (Lipinski definition) is 0. The molecule has 0 radical (unpaired) electrons. The second-order valence-corrected chi connectivity index (χ2v) is 11.5. The number of aromatic nitrogens is 2. The van der Waals surface area contributed by atoms with Crippen LogP contribution in [0.2, 0.25) is 5.02 Å². The zero-order valence-corrected chi connectivity index (χ0v) is 21.0. The highest BCUT2D eigenvalue weighted by Gasteiger charge is 2.42. The Hall–Kier alpha value is -2.99. The van der Waals surface area contributed by atoms with Crippen molar-refractivity contribution in [3.63, 3.8) is 0 Å². The fraction of sp³-hybridized carbons (Fsp3) is 0.208. The molecule has 7 nitrogen and oxygen atoms in total. The molecule has 3 heterocycles. The number of benzene rings is 2. The molecule has 2 aromatic heterocycles. The second-order valence-electron chi connectivity index (χ2n) is 8.20. The molecule has 0 N–H and O–H groups in total. The SMILES string of the molecule is O=C(C1CCCN1S(=O)(=O)c1ccc(Cl)cc1)N(Cc1ccccn1)c1nc2c(F)cc(F)cc2s1. The summed E-state index contributed by atoms with van der Waals surface area (Å²) in [6, 6.07) is 11.8. The van der Waals surface area contributed by atoms with Gasteiger partial charge in [-0.1, -0.05) is 29.0 Å². The van der Waals surface area contributed by atoms with Gasteiger partial charge in [-0.2, -0.15) is 4.31 Å². The summed E-state index contributed by atoms with van der Waals surface area (Å²) in [7, 11) is -3.99. The van der Waals surface area contributed by atoms with E-state index in [0.29, 0.717) is 23.6 Å². The third-order valence-corrected chi connectivity index (χ3v) is 9.05. The molecule has 1 amide bonds. The lowest BCUT2D eigenvalue weighted by Crippen LogP contribution is -2.47. The molecule has 2 aromatic carbocycles. The lowest BCUT2D eigenvalue weighted by atomic mass is 10.2. The maximum absolute atomic E-state index is 14.4. The molecule has 0 spiro atoms. The van der Waals surface area contributed by atoms with Gasteiger partial charge >= 0.3 is 0 Å². The number of amides is 1. The van der Waals surface area contributed by atoms with Crippen LogP contribution in [0.5, 0.6) is 0 Å². The van der Waals surface area contributed by atoms with Crippen LogP contribution < -0.4 is 4.90 Å². The van der Waals surface area contributed by atoms with E-state index in [0.717, 1.165) is 23.5 Å². The van der Waals surface area contributed by atoms with E-state index < -0.39 is 33.6 Å². The lowest BCUT2D eigenvalue weighted by Gasteiger charge is -2.28. The van der Waals surface area contributed by atoms with E-state index in [4.69, 9.17) is 11.6 Å². The monoisotopic (exact) mass is 548 g/mol. The van der Waals surface area contributed by atoms with Crippen molar-refractivity contribution in [2.75, 3.05) is 11.4 Å². The highest BCUT2D eigenvalue weighted by atomic mass is 35.5. The Bertz CT molecular complexity index is 1530. The maximum atomic E-state index is 14.4. The third kappa shape index (κ3) is 4.71. The van der Waals surface area contributed by atoms with Crippen LogP contribution in [0.4, 0.5) is 13.9 Å². The topological polar surface area (TPSA) is 83.5 Å². The van der Waals surface area contributed by atoms with Gasteiger partial charge in [0.2, 0.25) is 15.9 Å². The van der Waals surface area contributed by atoms with Crippen molar-refractivity contribution in [2.24, 2.45) is 0 Å². The summed E-state index contributed by atoms with van der Waals surface area (Å²) in [6.45, 7) is 0.146. The van der Waals surface area contributed by atoms with Crippen molar-refractivity contribution in [1.82, 2.24) is 14.3 Å². The molecular weight excluding hydrogens is 530 g/mol. The van der Waals surface area contributed by atoms with Gasteiger partial charge in [-0.05, 0) is 55.3 Å². The van der Waals surface area contributed by atoms with Crippen LogP contribution in [0, 0.1) is 11.6 Å². The quantitative estimate of drug-likeness (QED) is 0.338. The number of carbonyl (C=O) groups is 1. The molecule has 1 aliphatic rings. The minimum Gasteiger partial charge on any atom is -0.281 e. The number of thiazole rings is 1. The van der Waals surface area contributed by atoms with Gasteiger partial charge < -0.3 is 0 Å². The molecule has 1 unspecified atom stereocenters. The van der Waals surface area contributed by atoms with Crippen molar-refractivity contribution >= 4 is 54.2 Å². The lowest BCUT2D eigenvalue weighted by molar-refractivity contribution is -0.121. The maximum Gasteiger partial charge on any atom is 0.247 e. The minimum absolute atomic E-state index is 0.0189. The van der Waals surface area contributed by atoms with E-state index in [1.165, 1.54) is 33.5 Å². The Morgan fingerprint density at radius 1 is 1.17 bits per heavy atom. The van der Waals surface area contributed by atoms with E-state index in [1.54, 1.807) is 24.4 Å². The summed E-state index contributed by atoms with van der Waals surface area (Å²) in [6.07, 6.45) is 2.36. The van der Waals surface area contributed by atoms with Crippen LogP contribution in [-0.4, -0.2) is 41.2 Å². The zero-order chi connectivity index (χ0) is 25.4. The van der Waals surface area contributed by atoms with Gasteiger partial charge in [0.25, 0.3) is 0 Å². The number of hydrogen-bond acceptors (Lipinski definition) is 6. The van der Waals surface area contributed by atoms with Crippen molar-refractivity contribution < 1.29 is 22.0 Å². The van der Waals surface area contributed by atoms with Gasteiger partial charge in [0.05, 0.1) is 21.8 Å². The zero-order valence-electron chi connectivity index (χ0n) is 18.6. The first-order valence-electron chi connectivity index (χ1n) is 11.0. The molecule has 0 aliphatic carbocycles. The van der Waals surface area contributed by atoms with Crippen LogP contribution in [0.15, 0.2) is 65.7 Å². The minimum atomic E-state index is -3.99. The van der Waals surface area contributed by atoms with Gasteiger partial charge in [0.15, 0.2) is 10.9 Å². The molecule has 12 heteroatoms. The first kappa shape index (κ1) is 24.7. The predicted octanol–water partition coefficient (Wildman–Crippen LogP) is 5.01. The number of anilines is 1. The van der Waals surface area contributed by atoms with Gasteiger partial charge in [0, 0.05) is 23.8 Å². The molecule has 4 aromatic rings. The molecule has 5 rings (SSSR count). The van der Waals surface area contributed by atoms with E-state index in [-0.39, 0.29) is 33.3 Å². The molecule has 1 aliphatic heterocycles. The Morgan fingerprint density at radius 3 is 2.67 bits per heavy atom. The number of fused-ring (bicyclic) bond motifs is 1. The number of pyridine rings is 1. The normalized spacial score (nSPS) is 16.5. The molecular formula is C24H19ClF2N4O3S2. The number of nitrogens with zero attached hydrogens (tertiary/aromatic N) is 4. The number of sulfonamides is 1. The van der Waals surface area contributed by atoms with Crippen LogP contribution in [0.1, 0.15) is 18.5 Å². The van der Waals surface area contributed by atoms with Gasteiger partial charge in [-0.25, -0.2) is 22.2 Å². The van der Waals surface area contributed by atoms with Crippen LogP contribution >= 0.6 is 22.9 Å². The summed E-state index contributed by atoms with van der Waals surface area (Å²) in [4.78, 5) is 23.8. The Kier molecular flexibility index (Phi) is 6.73. The van der Waals surface area contributed by atoms with Crippen molar-refractivity contribution in [1.29, 1.82) is 0 Å². The van der Waals surface area contributed by atoms with Crippen molar-refractivity contribution in [2.45, 2.75) is 30.3 Å². The number of rotatable bonds is 6. The van der Waals surface area contributed by atoms with E-state index in [2.05, 4.69) is 9.97 Å². The average Bonchev–Trinajstić information content (AvgIpc) is 3.51. The molecule has 0 bridgehead atoms. The highest BCUT2D eigenvalue weighted by molar-refractivity contribution is 7.89. The molecule has 1 atom stereocenters. The number of halogens is 3. The largest absolute Gasteiger partial charge is 0.281 e. The average molecular weight is 549 g/mol. The summed E-state index contributed by atoms with van der Waals surface area (Å²) in [5.74, 6) is -2.12. The van der Waals surface area contributed by atoms with E-state index in [1.807, 2.05) is 0 Å². The van der Waals surface area contributed by atoms with Gasteiger partial charge in [-0.3, -0.25) is 14.7 Å². The van der Waals surface area contributed by atoms with Crippen molar-refractivity contribution in [3.8, 4) is 0 Å². The van der Waals surface area contributed by atoms with Gasteiger partial charge in [0.1, 0.15) is 17.4 Å². The fourth-order valence-electron chi connectivity index (χ4n) is 4.15. The standard InChI is InChI=1S/C24H19ClF2N4O3S2/c25-15-6-8-18(9-7-15)36(33,34)31-11-3-5-20(31)23(32)30(14-17-4-1-2-10-28-17)24-29-22-19(27)12-16(26)13-21(22)35-24/h1-2,4,6-10,12-13,20H,3,5,11,14H2. The summed E-state index contributed by atoms with van der Waals surface area (Å²) in [5.41, 5.74) is 0.467. The first-order valence-corrected chi connectivity index (χ1v) is 13.6. The van der Waals surface area contributed by atoms with E-state index in [9.17, 15) is 22.0 Å². The Morgan fingerprint density at radius 2 is 1.94 bits per heavy atom. The number of carbonyl (C=O) groups excluding carboxylic acids is 1.